The van der Waals surface area contributed by atoms with Crippen LogP contribution in [0.2, 0.25) is 0 Å². The van der Waals surface area contributed by atoms with Crippen LogP contribution in [-0.4, -0.2) is 46.9 Å². The molecular formula is C31H37N3O3. The molecule has 0 aliphatic carbocycles. The summed E-state index contributed by atoms with van der Waals surface area (Å²) in [6, 6.07) is 25.5. The first-order valence-corrected chi connectivity index (χ1v) is 13.0. The summed E-state index contributed by atoms with van der Waals surface area (Å²) in [5, 5.41) is 2.84. The first-order chi connectivity index (χ1) is 17.8. The van der Waals surface area contributed by atoms with E-state index >= 15 is 0 Å². The third-order valence-electron chi connectivity index (χ3n) is 6.72. The smallest absolute Gasteiger partial charge is 0.254 e. The number of nitrogens with zero attached hydrogens (tertiary/aromatic N) is 2. The molecule has 6 heteroatoms. The zero-order valence-electron chi connectivity index (χ0n) is 22.2. The molecule has 3 aromatic carbocycles. The van der Waals surface area contributed by atoms with E-state index < -0.39 is 0 Å². The molecular weight excluding hydrogens is 462 g/mol. The Bertz CT molecular complexity index is 1190. The lowest BCUT2D eigenvalue weighted by Crippen LogP contribution is -2.44. The van der Waals surface area contributed by atoms with Crippen LogP contribution < -0.4 is 5.32 Å². The van der Waals surface area contributed by atoms with Crippen LogP contribution in [0.25, 0.3) is 0 Å². The molecule has 3 atom stereocenters. The zero-order valence-corrected chi connectivity index (χ0v) is 22.2. The van der Waals surface area contributed by atoms with Gasteiger partial charge in [0.15, 0.2) is 0 Å². The van der Waals surface area contributed by atoms with Crippen LogP contribution in [0.15, 0.2) is 78.9 Å². The van der Waals surface area contributed by atoms with Crippen LogP contribution in [0.3, 0.4) is 0 Å². The average molecular weight is 500 g/mol. The zero-order chi connectivity index (χ0) is 26.4. The summed E-state index contributed by atoms with van der Waals surface area (Å²) in [5.41, 5.74) is 4.59. The number of carbonyl (C=O) groups excluding carboxylic acids is 2. The van der Waals surface area contributed by atoms with Gasteiger partial charge in [0.25, 0.3) is 5.91 Å². The summed E-state index contributed by atoms with van der Waals surface area (Å²) < 4.78 is 5.85. The Labute approximate surface area is 220 Å². The minimum Gasteiger partial charge on any atom is -0.373 e. The summed E-state index contributed by atoms with van der Waals surface area (Å²) in [4.78, 5) is 29.7. The van der Waals surface area contributed by atoms with Gasteiger partial charge in [-0.2, -0.15) is 0 Å². The van der Waals surface area contributed by atoms with Crippen molar-refractivity contribution in [3.63, 3.8) is 0 Å². The van der Waals surface area contributed by atoms with Gasteiger partial charge < -0.3 is 15.0 Å². The number of anilines is 1. The predicted molar refractivity (Wildman–Crippen MR) is 147 cm³/mol. The summed E-state index contributed by atoms with van der Waals surface area (Å²) in [6.07, 6.45) is 0.448. The van der Waals surface area contributed by atoms with Gasteiger partial charge >= 0.3 is 0 Å². The molecule has 4 rings (SSSR count). The Kier molecular flexibility index (Phi) is 8.74. The lowest BCUT2D eigenvalue weighted by Gasteiger charge is -2.35. The third-order valence-corrected chi connectivity index (χ3v) is 6.72. The van der Waals surface area contributed by atoms with Crippen LogP contribution in [-0.2, 0) is 22.6 Å². The molecule has 1 saturated heterocycles. The highest BCUT2D eigenvalue weighted by Gasteiger charge is 2.25. The quantitative estimate of drug-likeness (QED) is 0.435. The first-order valence-electron chi connectivity index (χ1n) is 13.0. The Morgan fingerprint density at radius 2 is 1.62 bits per heavy atom. The molecule has 1 aliphatic heterocycles. The number of morpholine rings is 1. The van der Waals surface area contributed by atoms with Gasteiger partial charge in [-0.1, -0.05) is 54.6 Å². The van der Waals surface area contributed by atoms with E-state index in [2.05, 4.69) is 36.2 Å². The van der Waals surface area contributed by atoms with E-state index in [1.807, 2.05) is 78.6 Å². The molecule has 1 N–H and O–H groups in total. The van der Waals surface area contributed by atoms with Crippen molar-refractivity contribution in [2.75, 3.05) is 18.4 Å². The van der Waals surface area contributed by atoms with E-state index in [-0.39, 0.29) is 30.1 Å². The molecule has 0 bridgehead atoms. The largest absolute Gasteiger partial charge is 0.373 e. The molecule has 1 fully saturated rings. The molecule has 0 spiro atoms. The molecule has 194 valence electrons. The fourth-order valence-corrected chi connectivity index (χ4v) is 5.01. The van der Waals surface area contributed by atoms with Crippen molar-refractivity contribution in [2.45, 2.75) is 59.0 Å². The van der Waals surface area contributed by atoms with E-state index in [1.165, 1.54) is 12.5 Å². The Balaban J connectivity index is 1.55. The second-order valence-corrected chi connectivity index (χ2v) is 10.0. The normalized spacial score (nSPS) is 18.7. The lowest BCUT2D eigenvalue weighted by atomic mass is 10.0. The highest BCUT2D eigenvalue weighted by molar-refractivity contribution is 5.94. The second-order valence-electron chi connectivity index (χ2n) is 10.0. The van der Waals surface area contributed by atoms with Crippen molar-refractivity contribution < 1.29 is 14.3 Å². The molecule has 1 aliphatic rings. The number of benzene rings is 3. The minimum absolute atomic E-state index is 0.0264. The van der Waals surface area contributed by atoms with Crippen molar-refractivity contribution in [3.8, 4) is 0 Å². The number of rotatable bonds is 8. The maximum absolute atomic E-state index is 13.8. The van der Waals surface area contributed by atoms with Gasteiger partial charge in [0.2, 0.25) is 5.91 Å². The van der Waals surface area contributed by atoms with Gasteiger partial charge in [-0.3, -0.25) is 14.5 Å². The summed E-state index contributed by atoms with van der Waals surface area (Å²) in [6.45, 7) is 10.9. The maximum Gasteiger partial charge on any atom is 0.254 e. The Morgan fingerprint density at radius 1 is 0.946 bits per heavy atom. The van der Waals surface area contributed by atoms with Crippen molar-refractivity contribution >= 4 is 17.5 Å². The Morgan fingerprint density at radius 3 is 2.27 bits per heavy atom. The molecule has 3 unspecified atom stereocenters. The topological polar surface area (TPSA) is 61.9 Å². The van der Waals surface area contributed by atoms with Gasteiger partial charge in [-0.05, 0) is 61.7 Å². The van der Waals surface area contributed by atoms with Crippen LogP contribution >= 0.6 is 0 Å². The molecule has 0 aromatic heterocycles. The molecule has 37 heavy (non-hydrogen) atoms. The van der Waals surface area contributed by atoms with E-state index in [4.69, 9.17) is 4.74 Å². The second kappa shape index (κ2) is 12.2. The molecule has 6 nitrogen and oxygen atoms in total. The lowest BCUT2D eigenvalue weighted by molar-refractivity contribution is -0.114. The monoisotopic (exact) mass is 499 g/mol. The van der Waals surface area contributed by atoms with Crippen LogP contribution in [0.4, 0.5) is 5.69 Å². The standard InChI is InChI=1S/C31H37N3O3/c1-22-18-33(19-23(2)37-22)20-27-13-15-28(16-14-27)31(36)34(21-26-9-6-5-7-10-26)24(3)29-11-8-12-30(17-29)32-25(4)35/h5-17,22-24H,18-21H2,1-4H3,(H,32,35). The van der Waals surface area contributed by atoms with Crippen LogP contribution in [0.1, 0.15) is 60.8 Å². The fraction of sp³-hybridized carbons (Fsp3) is 0.355. The molecule has 0 radical (unpaired) electrons. The van der Waals surface area contributed by atoms with Crippen LogP contribution in [0, 0.1) is 0 Å². The number of hydrogen-bond donors (Lipinski definition) is 1. The first kappa shape index (κ1) is 26.6. The number of hydrogen-bond acceptors (Lipinski definition) is 4. The molecule has 2 amide bonds. The van der Waals surface area contributed by atoms with Crippen LogP contribution in [0.5, 0.6) is 0 Å². The van der Waals surface area contributed by atoms with Crippen molar-refractivity contribution in [2.24, 2.45) is 0 Å². The maximum atomic E-state index is 13.8. The van der Waals surface area contributed by atoms with Gasteiger partial charge in [0.1, 0.15) is 0 Å². The fourth-order valence-electron chi connectivity index (χ4n) is 5.01. The van der Waals surface area contributed by atoms with Crippen molar-refractivity contribution in [1.29, 1.82) is 0 Å². The summed E-state index contributed by atoms with van der Waals surface area (Å²) in [5.74, 6) is -0.149. The van der Waals surface area contributed by atoms with Crippen molar-refractivity contribution in [1.82, 2.24) is 9.80 Å². The number of nitrogens with one attached hydrogen (secondary N) is 1. The van der Waals surface area contributed by atoms with E-state index in [0.717, 1.165) is 36.4 Å². The highest BCUT2D eigenvalue weighted by Crippen LogP contribution is 2.27. The summed E-state index contributed by atoms with van der Waals surface area (Å²) in [7, 11) is 0. The van der Waals surface area contributed by atoms with Gasteiger partial charge in [-0.15, -0.1) is 0 Å². The molecule has 3 aromatic rings. The molecule has 1 heterocycles. The highest BCUT2D eigenvalue weighted by atomic mass is 16.5. The predicted octanol–water partition coefficient (Wildman–Crippen LogP) is 5.66. The van der Waals surface area contributed by atoms with Gasteiger partial charge in [0, 0.05) is 44.4 Å². The van der Waals surface area contributed by atoms with Gasteiger partial charge in [-0.25, -0.2) is 0 Å². The number of amides is 2. The number of ether oxygens (including phenoxy) is 1. The third kappa shape index (κ3) is 7.28. The van der Waals surface area contributed by atoms with E-state index in [1.54, 1.807) is 0 Å². The SMILES string of the molecule is CC(=O)Nc1cccc(C(C)N(Cc2ccccc2)C(=O)c2ccc(CN3CC(C)OC(C)C3)cc2)c1. The average Bonchev–Trinajstić information content (AvgIpc) is 2.87. The summed E-state index contributed by atoms with van der Waals surface area (Å²) >= 11 is 0. The van der Waals surface area contributed by atoms with Gasteiger partial charge in [0.05, 0.1) is 18.2 Å². The van der Waals surface area contributed by atoms with E-state index in [0.29, 0.717) is 12.1 Å². The Hall–Kier alpha value is -3.48. The van der Waals surface area contributed by atoms with Crippen molar-refractivity contribution in [3.05, 3.63) is 101 Å². The molecule has 0 saturated carbocycles. The minimum atomic E-state index is -0.197. The van der Waals surface area contributed by atoms with E-state index in [9.17, 15) is 9.59 Å². The number of carbonyl (C=O) groups is 2.